The topological polar surface area (TPSA) is 53.1 Å². The molecule has 0 spiro atoms. The fourth-order valence-corrected chi connectivity index (χ4v) is 1.40. The first-order valence-electron chi connectivity index (χ1n) is 6.12. The van der Waals surface area contributed by atoms with E-state index >= 15 is 0 Å². The molecule has 0 radical (unpaired) electrons. The van der Waals surface area contributed by atoms with Gasteiger partial charge in [-0.1, -0.05) is 13.8 Å². The van der Waals surface area contributed by atoms with Gasteiger partial charge in [-0.15, -0.1) is 0 Å². The normalized spacial score (nSPS) is 12.7. The predicted molar refractivity (Wildman–Crippen MR) is 70.4 cm³/mol. The number of carbonyl (C=O) groups is 1. The standard InChI is InChI=1S/C9H6F3N.C5H10O2/c10-9(11,12)7-1-2-8-6(5-7)3-4-13-8;1-3-4(2)5(6)7/h1-5,13H;4H,3H2,1-2H3,(H,6,7). The van der Waals surface area contributed by atoms with Crippen LogP contribution >= 0.6 is 0 Å². The van der Waals surface area contributed by atoms with E-state index in [0.717, 1.165) is 18.6 Å². The molecule has 0 aliphatic rings. The molecular weight excluding hydrogens is 271 g/mol. The summed E-state index contributed by atoms with van der Waals surface area (Å²) in [5.74, 6) is -0.887. The van der Waals surface area contributed by atoms with Gasteiger partial charge in [-0.3, -0.25) is 4.79 Å². The number of carboxylic acid groups (broad SMARTS) is 1. The molecule has 0 amide bonds. The minimum atomic E-state index is -4.26. The number of aromatic amines is 1. The maximum absolute atomic E-state index is 12.2. The fraction of sp³-hybridized carbons (Fsp3) is 0.357. The number of nitrogens with one attached hydrogen (secondary N) is 1. The quantitative estimate of drug-likeness (QED) is 0.865. The maximum Gasteiger partial charge on any atom is 0.416 e. The van der Waals surface area contributed by atoms with E-state index in [1.54, 1.807) is 19.2 Å². The second kappa shape index (κ2) is 6.45. The molecule has 6 heteroatoms. The number of hydrogen-bond acceptors (Lipinski definition) is 1. The molecule has 2 aromatic rings. The number of halogens is 3. The summed E-state index contributed by atoms with van der Waals surface area (Å²) in [6, 6.07) is 5.24. The first-order chi connectivity index (χ1) is 9.25. The van der Waals surface area contributed by atoms with Gasteiger partial charge in [0, 0.05) is 11.7 Å². The van der Waals surface area contributed by atoms with Crippen molar-refractivity contribution in [3.05, 3.63) is 36.0 Å². The van der Waals surface area contributed by atoms with Crippen molar-refractivity contribution in [1.82, 2.24) is 4.98 Å². The number of fused-ring (bicyclic) bond motifs is 1. The number of aromatic nitrogens is 1. The molecule has 0 saturated carbocycles. The minimum absolute atomic E-state index is 0.181. The monoisotopic (exact) mass is 287 g/mol. The number of alkyl halides is 3. The molecular formula is C14H16F3NO2. The van der Waals surface area contributed by atoms with E-state index in [1.165, 1.54) is 6.07 Å². The molecule has 1 unspecified atom stereocenters. The van der Waals surface area contributed by atoms with Crippen molar-refractivity contribution in [3.8, 4) is 0 Å². The minimum Gasteiger partial charge on any atom is -0.481 e. The van der Waals surface area contributed by atoms with Crippen LogP contribution in [0.25, 0.3) is 10.9 Å². The molecule has 0 aliphatic carbocycles. The molecule has 3 nitrogen and oxygen atoms in total. The van der Waals surface area contributed by atoms with E-state index in [4.69, 9.17) is 5.11 Å². The smallest absolute Gasteiger partial charge is 0.416 e. The largest absolute Gasteiger partial charge is 0.481 e. The molecule has 1 aromatic carbocycles. The highest BCUT2D eigenvalue weighted by atomic mass is 19.4. The molecule has 1 heterocycles. The van der Waals surface area contributed by atoms with Crippen molar-refractivity contribution in [2.24, 2.45) is 5.92 Å². The van der Waals surface area contributed by atoms with Gasteiger partial charge >= 0.3 is 12.1 Å². The number of aliphatic carboxylic acids is 1. The third-order valence-electron chi connectivity index (χ3n) is 2.91. The highest BCUT2D eigenvalue weighted by Gasteiger charge is 2.30. The van der Waals surface area contributed by atoms with E-state index in [1.807, 2.05) is 6.92 Å². The van der Waals surface area contributed by atoms with E-state index in [2.05, 4.69) is 4.98 Å². The Morgan fingerprint density at radius 1 is 1.35 bits per heavy atom. The maximum atomic E-state index is 12.2. The van der Waals surface area contributed by atoms with Gasteiger partial charge in [0.1, 0.15) is 0 Å². The molecule has 0 fully saturated rings. The summed E-state index contributed by atoms with van der Waals surface area (Å²) in [5, 5.41) is 8.76. The molecule has 1 aromatic heterocycles. The van der Waals surface area contributed by atoms with Crippen molar-refractivity contribution in [2.75, 3.05) is 0 Å². The lowest BCUT2D eigenvalue weighted by molar-refractivity contribution is -0.141. The predicted octanol–water partition coefficient (Wildman–Crippen LogP) is 4.30. The van der Waals surface area contributed by atoms with Gasteiger partial charge in [0.25, 0.3) is 0 Å². The van der Waals surface area contributed by atoms with E-state index in [9.17, 15) is 18.0 Å². The van der Waals surface area contributed by atoms with Gasteiger partial charge in [-0.05, 0) is 36.1 Å². The van der Waals surface area contributed by atoms with Crippen LogP contribution in [-0.2, 0) is 11.0 Å². The van der Waals surface area contributed by atoms with Crippen LogP contribution < -0.4 is 0 Å². The van der Waals surface area contributed by atoms with Crippen LogP contribution in [0.2, 0.25) is 0 Å². The average Bonchev–Trinajstić information content (AvgIpc) is 2.84. The zero-order valence-electron chi connectivity index (χ0n) is 11.2. The summed E-state index contributed by atoms with van der Waals surface area (Å²) in [4.78, 5) is 12.8. The Balaban J connectivity index is 0.000000246. The molecule has 0 aliphatic heterocycles. The molecule has 2 rings (SSSR count). The number of H-pyrrole nitrogens is 1. The molecule has 0 saturated heterocycles. The summed E-state index contributed by atoms with van der Waals surface area (Å²) in [6.45, 7) is 3.56. The first kappa shape index (κ1) is 16.1. The Morgan fingerprint density at radius 3 is 2.45 bits per heavy atom. The SMILES string of the molecule is CCC(C)C(=O)O.FC(F)(F)c1ccc2[nH]ccc2c1. The second-order valence-electron chi connectivity index (χ2n) is 4.42. The van der Waals surface area contributed by atoms with Crippen LogP contribution in [0.3, 0.4) is 0 Å². The van der Waals surface area contributed by atoms with Crippen LogP contribution in [0, 0.1) is 5.92 Å². The van der Waals surface area contributed by atoms with Crippen molar-refractivity contribution < 1.29 is 23.1 Å². The fourth-order valence-electron chi connectivity index (χ4n) is 1.40. The average molecular weight is 287 g/mol. The number of rotatable bonds is 2. The summed E-state index contributed by atoms with van der Waals surface area (Å²) in [6.07, 6.45) is -1.92. The van der Waals surface area contributed by atoms with Gasteiger partial charge in [0.2, 0.25) is 0 Å². The zero-order valence-corrected chi connectivity index (χ0v) is 11.2. The lowest BCUT2D eigenvalue weighted by Crippen LogP contribution is -2.06. The van der Waals surface area contributed by atoms with E-state index in [-0.39, 0.29) is 5.92 Å². The third kappa shape index (κ3) is 4.29. The van der Waals surface area contributed by atoms with Crippen LogP contribution in [0.5, 0.6) is 0 Å². The molecule has 2 N–H and O–H groups in total. The first-order valence-corrected chi connectivity index (χ1v) is 6.12. The second-order valence-corrected chi connectivity index (χ2v) is 4.42. The van der Waals surface area contributed by atoms with Gasteiger partial charge in [0.05, 0.1) is 11.5 Å². The van der Waals surface area contributed by atoms with E-state index < -0.39 is 17.7 Å². The van der Waals surface area contributed by atoms with Gasteiger partial charge in [0.15, 0.2) is 0 Å². The van der Waals surface area contributed by atoms with Crippen LogP contribution in [0.1, 0.15) is 25.8 Å². The molecule has 0 bridgehead atoms. The van der Waals surface area contributed by atoms with Crippen LogP contribution in [-0.4, -0.2) is 16.1 Å². The van der Waals surface area contributed by atoms with Crippen molar-refractivity contribution in [1.29, 1.82) is 0 Å². The van der Waals surface area contributed by atoms with Crippen LogP contribution in [0.4, 0.5) is 13.2 Å². The number of benzene rings is 1. The Hall–Kier alpha value is -1.98. The zero-order chi connectivity index (χ0) is 15.3. The lowest BCUT2D eigenvalue weighted by atomic mass is 10.1. The highest BCUT2D eigenvalue weighted by molar-refractivity contribution is 5.80. The molecule has 110 valence electrons. The molecule has 1 atom stereocenters. The van der Waals surface area contributed by atoms with E-state index in [0.29, 0.717) is 10.9 Å². The van der Waals surface area contributed by atoms with Crippen molar-refractivity contribution in [2.45, 2.75) is 26.4 Å². The summed E-state index contributed by atoms with van der Waals surface area (Å²) >= 11 is 0. The van der Waals surface area contributed by atoms with Crippen molar-refractivity contribution >= 4 is 16.9 Å². The summed E-state index contributed by atoms with van der Waals surface area (Å²) < 4.78 is 36.6. The number of hydrogen-bond donors (Lipinski definition) is 2. The molecule has 20 heavy (non-hydrogen) atoms. The Labute approximate surface area is 114 Å². The Kier molecular flexibility index (Phi) is 5.19. The number of carboxylic acids is 1. The van der Waals surface area contributed by atoms with Crippen molar-refractivity contribution in [3.63, 3.8) is 0 Å². The van der Waals surface area contributed by atoms with Crippen LogP contribution in [0.15, 0.2) is 30.5 Å². The highest BCUT2D eigenvalue weighted by Crippen LogP contribution is 2.30. The Morgan fingerprint density at radius 2 is 2.00 bits per heavy atom. The summed E-state index contributed by atoms with van der Waals surface area (Å²) in [7, 11) is 0. The van der Waals surface area contributed by atoms with Gasteiger partial charge in [-0.2, -0.15) is 13.2 Å². The summed E-state index contributed by atoms with van der Waals surface area (Å²) in [5.41, 5.74) is 0.104. The van der Waals surface area contributed by atoms with Gasteiger partial charge < -0.3 is 10.1 Å². The van der Waals surface area contributed by atoms with Gasteiger partial charge in [-0.25, -0.2) is 0 Å². The lowest BCUT2D eigenvalue weighted by Gasteiger charge is -2.05. The Bertz CT molecular complexity index is 575. The third-order valence-corrected chi connectivity index (χ3v) is 2.91.